The van der Waals surface area contributed by atoms with E-state index in [4.69, 9.17) is 28.4 Å². The summed E-state index contributed by atoms with van der Waals surface area (Å²) in [6.45, 7) is 10.4. The second kappa shape index (κ2) is 19.9. The van der Waals surface area contributed by atoms with Crippen LogP contribution in [0, 0.1) is 17.3 Å². The fraction of sp³-hybridized carbons (Fsp3) is 0.651. The van der Waals surface area contributed by atoms with Crippen LogP contribution in [-0.4, -0.2) is 140 Å². The molecule has 2 aromatic rings. The minimum absolute atomic E-state index is 0.112. The fourth-order valence-electron chi connectivity index (χ4n) is 8.14. The molecule has 56 heavy (non-hydrogen) atoms. The molecular weight excluding hydrogens is 720 g/mol. The van der Waals surface area contributed by atoms with Gasteiger partial charge in [0.15, 0.2) is 18.2 Å². The molecule has 0 bridgehead atoms. The van der Waals surface area contributed by atoms with Crippen molar-refractivity contribution in [3.63, 3.8) is 0 Å². The number of cyclic esters (lactones) is 1. The number of rotatable bonds is 12. The number of benzene rings is 2. The fourth-order valence-corrected chi connectivity index (χ4v) is 8.14. The molecule has 0 spiro atoms. The highest BCUT2D eigenvalue weighted by Crippen LogP contribution is 2.39. The number of aliphatic hydroxyl groups excluding tert-OH is 2. The van der Waals surface area contributed by atoms with Crippen LogP contribution in [0.1, 0.15) is 70.3 Å². The quantitative estimate of drug-likeness (QED) is 0.235. The molecule has 0 aliphatic carbocycles. The molecule has 0 radical (unpaired) electrons. The summed E-state index contributed by atoms with van der Waals surface area (Å²) in [7, 11) is 7.22. The molecule has 312 valence electrons. The van der Waals surface area contributed by atoms with E-state index >= 15 is 0 Å². The predicted octanol–water partition coefficient (Wildman–Crippen LogP) is 4.12. The molecule has 0 unspecified atom stereocenters. The Kier molecular flexibility index (Phi) is 16.2. The Balaban J connectivity index is 1.72. The smallest absolute Gasteiger partial charge is 0.338 e. The Morgan fingerprint density at radius 3 is 2.23 bits per heavy atom. The summed E-state index contributed by atoms with van der Waals surface area (Å²) in [5, 5.41) is 21.2. The highest BCUT2D eigenvalue weighted by molar-refractivity contribution is 6.04. The van der Waals surface area contributed by atoms with E-state index in [1.165, 1.54) is 13.8 Å². The summed E-state index contributed by atoms with van der Waals surface area (Å²) in [5.74, 6) is -2.77. The van der Waals surface area contributed by atoms with Gasteiger partial charge in [0.05, 0.1) is 48.7 Å². The van der Waals surface area contributed by atoms with Crippen molar-refractivity contribution >= 4 is 17.7 Å². The third-order valence-electron chi connectivity index (χ3n) is 11.4. The molecule has 11 atom stereocenters. The van der Waals surface area contributed by atoms with Crippen LogP contribution < -0.4 is 0 Å². The van der Waals surface area contributed by atoms with E-state index in [2.05, 4.69) is 0 Å². The van der Waals surface area contributed by atoms with Crippen molar-refractivity contribution < 1.29 is 53.0 Å². The number of hydrogen-bond acceptors (Lipinski definition) is 13. The molecule has 0 amide bonds. The molecule has 2 aliphatic rings. The number of esters is 2. The van der Waals surface area contributed by atoms with Gasteiger partial charge >= 0.3 is 11.9 Å². The summed E-state index contributed by atoms with van der Waals surface area (Å²) in [5.41, 5.74) is -1.52. The first kappa shape index (κ1) is 45.4. The average Bonchev–Trinajstić information content (AvgIpc) is 3.17. The number of carbonyl (C=O) groups is 3. The number of Topliss-reactive ketones (excluding diaryl/α,β-unsaturated/α-hetero) is 1. The van der Waals surface area contributed by atoms with Crippen molar-refractivity contribution in [3.8, 4) is 0 Å². The van der Waals surface area contributed by atoms with E-state index in [9.17, 15) is 24.6 Å². The number of likely N-dealkylation sites (N-methyl/N-ethyl adjacent to an activating group) is 2. The van der Waals surface area contributed by atoms with E-state index in [0.717, 1.165) is 5.56 Å². The lowest BCUT2D eigenvalue weighted by Gasteiger charge is -2.48. The maximum Gasteiger partial charge on any atom is 0.338 e. The standard InChI is InChI=1S/C43H64N2O11/c1-27-22-43(6,51-10)38(56-40-36(32(44(7)8)21-28(2)54-40)55-39(49)31-19-15-12-16-20-31)29(3)37(48)42(4,5)41(50)53-26-33(45(9)23-27)35(34(47)24-46)52-25-30-17-13-11-14-18-30/h11-20,27-29,32-36,38,40,46-47H,21-26H2,1-10H3/t27-,28-,29+,32+,33+,34+,35+,36-,38-,40+,43-/m1/s1. The zero-order valence-corrected chi connectivity index (χ0v) is 34.8. The number of ketones is 1. The van der Waals surface area contributed by atoms with Gasteiger partial charge in [-0.05, 0) is 85.3 Å². The minimum atomic E-state index is -1.64. The van der Waals surface area contributed by atoms with Crippen molar-refractivity contribution in [2.24, 2.45) is 17.3 Å². The number of ether oxygens (including phenoxy) is 6. The number of hydrogen-bond donors (Lipinski definition) is 2. The predicted molar refractivity (Wildman–Crippen MR) is 210 cm³/mol. The summed E-state index contributed by atoms with van der Waals surface area (Å²) >= 11 is 0. The van der Waals surface area contributed by atoms with Gasteiger partial charge in [-0.15, -0.1) is 0 Å². The van der Waals surface area contributed by atoms with Crippen LogP contribution in [0.3, 0.4) is 0 Å². The molecule has 2 N–H and O–H groups in total. The Labute approximate surface area is 332 Å². The van der Waals surface area contributed by atoms with Gasteiger partial charge in [0.1, 0.15) is 24.2 Å². The monoisotopic (exact) mass is 784 g/mol. The lowest BCUT2D eigenvalue weighted by molar-refractivity contribution is -0.295. The first-order valence-electron chi connectivity index (χ1n) is 19.6. The highest BCUT2D eigenvalue weighted by Gasteiger charge is 2.52. The maximum atomic E-state index is 14.6. The molecule has 13 heteroatoms. The molecule has 2 heterocycles. The van der Waals surface area contributed by atoms with Crippen LogP contribution in [-0.2, 0) is 44.6 Å². The van der Waals surface area contributed by atoms with Crippen LogP contribution in [0.2, 0.25) is 0 Å². The van der Waals surface area contributed by atoms with Gasteiger partial charge in [-0.3, -0.25) is 14.5 Å². The SMILES string of the molecule is CO[C@]1(C)C[C@@H](C)CN(C)[C@H]([C@H](OCc2ccccc2)[C@@H](O)CO)COC(=O)C(C)(C)C(=O)[C@H](C)[C@H]1O[C@@H]1O[C@H](C)C[C@H](N(C)C)[C@H]1OC(=O)c1ccccc1. The summed E-state index contributed by atoms with van der Waals surface area (Å²) < 4.78 is 38.0. The Bertz CT molecular complexity index is 1560. The molecule has 4 rings (SSSR count). The third-order valence-corrected chi connectivity index (χ3v) is 11.4. The van der Waals surface area contributed by atoms with Gasteiger partial charge in [0.25, 0.3) is 0 Å². The van der Waals surface area contributed by atoms with Crippen molar-refractivity contribution in [1.29, 1.82) is 0 Å². The molecule has 2 aliphatic heterocycles. The van der Waals surface area contributed by atoms with Gasteiger partial charge in [-0.1, -0.05) is 62.4 Å². The molecule has 0 aromatic heterocycles. The Morgan fingerprint density at radius 1 is 1.02 bits per heavy atom. The number of aliphatic hydroxyl groups is 2. The van der Waals surface area contributed by atoms with E-state index in [1.54, 1.807) is 38.3 Å². The van der Waals surface area contributed by atoms with Gasteiger partial charge < -0.3 is 43.5 Å². The number of carbonyl (C=O) groups excluding carboxylic acids is 3. The molecule has 2 aromatic carbocycles. The lowest BCUT2D eigenvalue weighted by Crippen LogP contribution is -2.60. The van der Waals surface area contributed by atoms with Crippen LogP contribution in [0.4, 0.5) is 0 Å². The van der Waals surface area contributed by atoms with Crippen molar-refractivity contribution in [3.05, 3.63) is 71.8 Å². The molecule has 2 fully saturated rings. The molecule has 0 saturated carbocycles. The lowest BCUT2D eigenvalue weighted by atomic mass is 9.74. The second-order valence-electron chi connectivity index (χ2n) is 16.6. The Morgan fingerprint density at radius 2 is 1.64 bits per heavy atom. The highest BCUT2D eigenvalue weighted by atomic mass is 16.7. The maximum absolute atomic E-state index is 14.6. The van der Waals surface area contributed by atoms with Crippen molar-refractivity contribution in [2.45, 2.75) is 115 Å². The number of nitrogens with zero attached hydrogens (tertiary/aromatic N) is 2. The minimum Gasteiger partial charge on any atom is -0.463 e. The van der Waals surface area contributed by atoms with E-state index in [-0.39, 0.29) is 31.3 Å². The summed E-state index contributed by atoms with van der Waals surface area (Å²) in [4.78, 5) is 46.0. The van der Waals surface area contributed by atoms with Gasteiger partial charge in [0, 0.05) is 19.6 Å². The normalized spacial score (nSPS) is 32.0. The first-order valence-corrected chi connectivity index (χ1v) is 19.6. The van der Waals surface area contributed by atoms with Crippen molar-refractivity contribution in [2.75, 3.05) is 48.0 Å². The summed E-state index contributed by atoms with van der Waals surface area (Å²) in [6, 6.07) is 17.2. The van der Waals surface area contributed by atoms with E-state index in [0.29, 0.717) is 24.9 Å². The Hall–Kier alpha value is -3.27. The molecule has 2 saturated heterocycles. The third kappa shape index (κ3) is 11.0. The van der Waals surface area contributed by atoms with Crippen LogP contribution in [0.25, 0.3) is 0 Å². The average molecular weight is 785 g/mol. The van der Waals surface area contributed by atoms with Gasteiger partial charge in [-0.2, -0.15) is 0 Å². The number of methoxy groups -OCH3 is 1. The van der Waals surface area contributed by atoms with Crippen molar-refractivity contribution in [1.82, 2.24) is 9.80 Å². The first-order chi connectivity index (χ1) is 26.4. The van der Waals surface area contributed by atoms with Crippen LogP contribution >= 0.6 is 0 Å². The van der Waals surface area contributed by atoms with Crippen LogP contribution in [0.15, 0.2) is 60.7 Å². The van der Waals surface area contributed by atoms with E-state index < -0.39 is 78.0 Å². The van der Waals surface area contributed by atoms with Gasteiger partial charge in [-0.25, -0.2) is 4.79 Å². The molecule has 13 nitrogen and oxygen atoms in total. The topological polar surface area (TPSA) is 154 Å². The molecular formula is C43H64N2O11. The van der Waals surface area contributed by atoms with Gasteiger partial charge in [0.2, 0.25) is 0 Å². The van der Waals surface area contributed by atoms with E-state index in [1.807, 2.05) is 88.1 Å². The van der Waals surface area contributed by atoms with Crippen LogP contribution in [0.5, 0.6) is 0 Å². The zero-order valence-electron chi connectivity index (χ0n) is 34.8. The second-order valence-corrected chi connectivity index (χ2v) is 16.6. The zero-order chi connectivity index (χ0) is 41.4. The largest absolute Gasteiger partial charge is 0.463 e. The summed E-state index contributed by atoms with van der Waals surface area (Å²) in [6.07, 6.45) is -4.53.